The highest BCUT2D eigenvalue weighted by molar-refractivity contribution is 7.80. The lowest BCUT2D eigenvalue weighted by Crippen LogP contribution is -2.43. The second-order valence-electron chi connectivity index (χ2n) is 7.00. The van der Waals surface area contributed by atoms with Crippen LogP contribution in [0.1, 0.15) is 5.56 Å². The number of hydrogen-bond donors (Lipinski definition) is 1. The Morgan fingerprint density at radius 2 is 1.87 bits per heavy atom. The number of benzene rings is 2. The first-order valence-corrected chi connectivity index (χ1v) is 10.7. The zero-order chi connectivity index (χ0) is 21.3. The van der Waals surface area contributed by atoms with Crippen molar-refractivity contribution in [3.8, 4) is 11.5 Å². The molecule has 0 unspecified atom stereocenters. The number of ether oxygens (including phenoxy) is 3. The maximum absolute atomic E-state index is 6.26. The third kappa shape index (κ3) is 6.47. The summed E-state index contributed by atoms with van der Waals surface area (Å²) in [4.78, 5) is 4.57. The van der Waals surface area contributed by atoms with Crippen LogP contribution in [-0.4, -0.2) is 68.5 Å². The average molecular weight is 450 g/mol. The quantitative estimate of drug-likeness (QED) is 0.613. The van der Waals surface area contributed by atoms with Gasteiger partial charge in [0.15, 0.2) is 5.11 Å². The van der Waals surface area contributed by atoms with E-state index in [0.717, 1.165) is 56.4 Å². The van der Waals surface area contributed by atoms with Crippen molar-refractivity contribution >= 4 is 34.6 Å². The number of thiocarbonyl (C=S) groups is 1. The lowest BCUT2D eigenvalue weighted by atomic mass is 10.2. The van der Waals surface area contributed by atoms with Gasteiger partial charge in [0.05, 0.1) is 32.5 Å². The van der Waals surface area contributed by atoms with E-state index in [2.05, 4.69) is 27.2 Å². The average Bonchev–Trinajstić information content (AvgIpc) is 2.78. The summed E-state index contributed by atoms with van der Waals surface area (Å²) in [7, 11) is 3.27. The Bertz CT molecular complexity index is 829. The Kier molecular flexibility index (Phi) is 8.57. The van der Waals surface area contributed by atoms with E-state index in [1.807, 2.05) is 30.3 Å². The summed E-state index contributed by atoms with van der Waals surface area (Å²) >= 11 is 12.0. The van der Waals surface area contributed by atoms with Crippen LogP contribution in [0.5, 0.6) is 11.5 Å². The Balaban J connectivity index is 1.69. The lowest BCUT2D eigenvalue weighted by Gasteiger charge is -2.31. The maximum atomic E-state index is 6.26. The fourth-order valence-corrected chi connectivity index (χ4v) is 3.77. The number of morpholine rings is 1. The molecule has 2 aromatic rings. The normalized spacial score (nSPS) is 14.2. The van der Waals surface area contributed by atoms with Crippen molar-refractivity contribution in [1.29, 1.82) is 0 Å². The van der Waals surface area contributed by atoms with Crippen LogP contribution in [0.3, 0.4) is 0 Å². The summed E-state index contributed by atoms with van der Waals surface area (Å²) in [5.41, 5.74) is 1.99. The number of rotatable bonds is 8. The highest BCUT2D eigenvalue weighted by Gasteiger charge is 2.16. The van der Waals surface area contributed by atoms with Crippen molar-refractivity contribution in [2.24, 2.45) is 0 Å². The standard InChI is InChI=1S/C22H28ClN3O3S/c1-27-19-6-3-17(4-7-19)16-26(10-9-25-11-13-29-14-12-25)22(30)24-18-5-8-21(28-2)20(23)15-18/h3-8,15H,9-14,16H2,1-2H3,(H,24,30). The number of methoxy groups -OCH3 is 2. The molecule has 1 N–H and O–H groups in total. The molecule has 0 saturated carbocycles. The summed E-state index contributed by atoms with van der Waals surface area (Å²) in [5.74, 6) is 1.47. The summed E-state index contributed by atoms with van der Waals surface area (Å²) in [6.07, 6.45) is 0. The Hall–Kier alpha value is -2.06. The van der Waals surface area contributed by atoms with Gasteiger partial charge in [0.1, 0.15) is 11.5 Å². The minimum Gasteiger partial charge on any atom is -0.497 e. The molecule has 1 aliphatic rings. The molecular weight excluding hydrogens is 422 g/mol. The zero-order valence-electron chi connectivity index (χ0n) is 17.4. The smallest absolute Gasteiger partial charge is 0.173 e. The van der Waals surface area contributed by atoms with Crippen molar-refractivity contribution in [3.63, 3.8) is 0 Å². The molecule has 30 heavy (non-hydrogen) atoms. The molecule has 1 fully saturated rings. The van der Waals surface area contributed by atoms with Crippen LogP contribution in [0.25, 0.3) is 0 Å². The van der Waals surface area contributed by atoms with Crippen molar-refractivity contribution < 1.29 is 14.2 Å². The Labute approximate surface area is 188 Å². The summed E-state index contributed by atoms with van der Waals surface area (Å²) in [5, 5.41) is 4.51. The van der Waals surface area contributed by atoms with Gasteiger partial charge in [-0.3, -0.25) is 4.90 Å². The van der Waals surface area contributed by atoms with Gasteiger partial charge in [0.25, 0.3) is 0 Å². The van der Waals surface area contributed by atoms with Gasteiger partial charge in [-0.2, -0.15) is 0 Å². The van der Waals surface area contributed by atoms with E-state index >= 15 is 0 Å². The molecule has 0 spiro atoms. The predicted molar refractivity (Wildman–Crippen MR) is 125 cm³/mol. The van der Waals surface area contributed by atoms with E-state index in [-0.39, 0.29) is 0 Å². The number of hydrogen-bond acceptors (Lipinski definition) is 5. The Morgan fingerprint density at radius 1 is 1.13 bits per heavy atom. The summed E-state index contributed by atoms with van der Waals surface area (Å²) in [6, 6.07) is 13.6. The van der Waals surface area contributed by atoms with E-state index in [4.69, 9.17) is 38.0 Å². The second-order valence-corrected chi connectivity index (χ2v) is 7.80. The van der Waals surface area contributed by atoms with Gasteiger partial charge in [0, 0.05) is 38.4 Å². The summed E-state index contributed by atoms with van der Waals surface area (Å²) < 4.78 is 15.9. The first-order chi connectivity index (χ1) is 14.6. The molecule has 0 bridgehead atoms. The third-order valence-electron chi connectivity index (χ3n) is 5.01. The van der Waals surface area contributed by atoms with E-state index in [9.17, 15) is 0 Å². The maximum Gasteiger partial charge on any atom is 0.173 e. The monoisotopic (exact) mass is 449 g/mol. The SMILES string of the molecule is COc1ccc(CN(CCN2CCOCC2)C(=S)Nc2ccc(OC)c(Cl)c2)cc1. The summed E-state index contributed by atoms with van der Waals surface area (Å²) in [6.45, 7) is 5.89. The molecule has 1 aliphatic heterocycles. The van der Waals surface area contributed by atoms with Crippen LogP contribution in [0.15, 0.2) is 42.5 Å². The Morgan fingerprint density at radius 3 is 2.50 bits per heavy atom. The third-order valence-corrected chi connectivity index (χ3v) is 5.67. The predicted octanol–water partition coefficient (Wildman–Crippen LogP) is 3.89. The van der Waals surface area contributed by atoms with Gasteiger partial charge < -0.3 is 24.4 Å². The van der Waals surface area contributed by atoms with Gasteiger partial charge in [0.2, 0.25) is 0 Å². The van der Waals surface area contributed by atoms with Crippen LogP contribution in [0.2, 0.25) is 5.02 Å². The van der Waals surface area contributed by atoms with Gasteiger partial charge in [-0.25, -0.2) is 0 Å². The van der Waals surface area contributed by atoms with Gasteiger partial charge >= 0.3 is 0 Å². The minimum atomic E-state index is 0.542. The van der Waals surface area contributed by atoms with Crippen molar-refractivity contribution in [1.82, 2.24) is 9.80 Å². The fourth-order valence-electron chi connectivity index (χ4n) is 3.24. The molecule has 1 saturated heterocycles. The van der Waals surface area contributed by atoms with Crippen LogP contribution >= 0.6 is 23.8 Å². The molecule has 3 rings (SSSR count). The number of halogens is 1. The van der Waals surface area contributed by atoms with Crippen molar-refractivity contribution in [2.75, 3.05) is 58.9 Å². The van der Waals surface area contributed by atoms with Crippen LogP contribution < -0.4 is 14.8 Å². The fraction of sp³-hybridized carbons (Fsp3) is 0.409. The van der Waals surface area contributed by atoms with E-state index in [0.29, 0.717) is 22.4 Å². The number of nitrogens with one attached hydrogen (secondary N) is 1. The molecule has 0 amide bonds. The van der Waals surface area contributed by atoms with Gasteiger partial charge in [-0.15, -0.1) is 0 Å². The highest BCUT2D eigenvalue weighted by atomic mass is 35.5. The second kappa shape index (κ2) is 11.4. The number of anilines is 1. The molecule has 0 radical (unpaired) electrons. The van der Waals surface area contributed by atoms with Crippen LogP contribution in [0.4, 0.5) is 5.69 Å². The van der Waals surface area contributed by atoms with Crippen molar-refractivity contribution in [2.45, 2.75) is 6.54 Å². The molecule has 0 atom stereocenters. The van der Waals surface area contributed by atoms with E-state index in [1.165, 1.54) is 0 Å². The van der Waals surface area contributed by atoms with Crippen LogP contribution in [-0.2, 0) is 11.3 Å². The molecule has 0 aliphatic carbocycles. The molecule has 6 nitrogen and oxygen atoms in total. The first-order valence-electron chi connectivity index (χ1n) is 9.91. The number of nitrogens with zero attached hydrogens (tertiary/aromatic N) is 2. The molecule has 0 aromatic heterocycles. The molecule has 8 heteroatoms. The molecular formula is C22H28ClN3O3S. The zero-order valence-corrected chi connectivity index (χ0v) is 19.0. The largest absolute Gasteiger partial charge is 0.497 e. The lowest BCUT2D eigenvalue weighted by molar-refractivity contribution is 0.0358. The van der Waals surface area contributed by atoms with E-state index < -0.39 is 0 Å². The van der Waals surface area contributed by atoms with Crippen LogP contribution in [0, 0.1) is 0 Å². The van der Waals surface area contributed by atoms with E-state index in [1.54, 1.807) is 14.2 Å². The molecule has 1 heterocycles. The first kappa shape index (κ1) is 22.6. The molecule has 162 valence electrons. The van der Waals surface area contributed by atoms with Gasteiger partial charge in [-0.1, -0.05) is 23.7 Å². The van der Waals surface area contributed by atoms with Crippen molar-refractivity contribution in [3.05, 3.63) is 53.1 Å². The van der Waals surface area contributed by atoms with Gasteiger partial charge in [-0.05, 0) is 48.1 Å². The topological polar surface area (TPSA) is 46.2 Å². The highest BCUT2D eigenvalue weighted by Crippen LogP contribution is 2.27. The minimum absolute atomic E-state index is 0.542. The molecule has 2 aromatic carbocycles.